The number of nitrogens with one attached hydrogen (secondary N) is 3. The van der Waals surface area contributed by atoms with Crippen molar-refractivity contribution in [1.29, 1.82) is 0 Å². The number of nitrogens with zero attached hydrogens (tertiary/aromatic N) is 1. The Morgan fingerprint density at radius 3 is 2.75 bits per heavy atom. The van der Waals surface area contributed by atoms with Gasteiger partial charge in [0.25, 0.3) is 0 Å². The molecule has 2 amide bonds. The average molecular weight is 481 g/mol. The van der Waals surface area contributed by atoms with Gasteiger partial charge in [-0.25, -0.2) is 17.5 Å². The van der Waals surface area contributed by atoms with E-state index < -0.39 is 27.9 Å². The van der Waals surface area contributed by atoms with Gasteiger partial charge in [0.2, 0.25) is 21.8 Å². The lowest BCUT2D eigenvalue weighted by Gasteiger charge is -2.37. The molecule has 0 saturated carbocycles. The van der Waals surface area contributed by atoms with Crippen LogP contribution in [0.5, 0.6) is 0 Å². The first-order valence-electron chi connectivity index (χ1n) is 10.4. The van der Waals surface area contributed by atoms with Crippen molar-refractivity contribution in [1.82, 2.24) is 20.3 Å². The molecule has 4 rings (SSSR count). The molecule has 0 bridgehead atoms. The molecule has 32 heavy (non-hydrogen) atoms. The van der Waals surface area contributed by atoms with Gasteiger partial charge in [0.1, 0.15) is 5.82 Å². The van der Waals surface area contributed by atoms with E-state index in [1.54, 1.807) is 11.3 Å². The lowest BCUT2D eigenvalue weighted by molar-refractivity contribution is -0.129. The minimum Gasteiger partial charge on any atom is -0.353 e. The highest BCUT2D eigenvalue weighted by Gasteiger charge is 2.44. The molecule has 2 fully saturated rings. The maximum Gasteiger partial charge on any atom is 0.240 e. The van der Waals surface area contributed by atoms with Crippen LogP contribution in [-0.2, 0) is 26.2 Å². The van der Waals surface area contributed by atoms with Crippen molar-refractivity contribution in [2.24, 2.45) is 0 Å². The van der Waals surface area contributed by atoms with Gasteiger partial charge in [-0.1, -0.05) is 6.07 Å². The molecule has 0 radical (unpaired) electrons. The number of benzene rings is 1. The fraction of sp³-hybridized carbons (Fsp3) is 0.429. The van der Waals surface area contributed by atoms with Crippen molar-refractivity contribution in [3.8, 4) is 0 Å². The molecule has 3 atom stereocenters. The van der Waals surface area contributed by atoms with E-state index >= 15 is 0 Å². The topological polar surface area (TPSA) is 108 Å². The third-order valence-electron chi connectivity index (χ3n) is 5.81. The number of hydrogen-bond donors (Lipinski definition) is 3. The van der Waals surface area contributed by atoms with Crippen LogP contribution in [0.15, 0.2) is 46.7 Å². The molecular formula is C21H25FN4O4S2. The number of thiophene rings is 1. The predicted molar refractivity (Wildman–Crippen MR) is 118 cm³/mol. The Hall–Kier alpha value is -2.34. The standard InChI is InChI=1S/C21H25FN4O4S2/c22-14-3-6-18(7-4-14)32(29,30)25-15-10-19-21(28)24-11-16(26(19)13-15)5-8-20(27)23-12-17-2-1-9-31-17/h1-4,6-7,9,15-16,19,25H,5,8,10-13H2,(H,23,27)(H,24,28). The van der Waals surface area contributed by atoms with Crippen LogP contribution in [-0.4, -0.2) is 56.3 Å². The van der Waals surface area contributed by atoms with Crippen molar-refractivity contribution >= 4 is 33.2 Å². The smallest absolute Gasteiger partial charge is 0.240 e. The fourth-order valence-corrected chi connectivity index (χ4v) is 6.10. The first-order valence-corrected chi connectivity index (χ1v) is 12.8. The molecule has 172 valence electrons. The zero-order chi connectivity index (χ0) is 22.7. The summed E-state index contributed by atoms with van der Waals surface area (Å²) in [6.45, 7) is 1.29. The molecule has 3 N–H and O–H groups in total. The fourth-order valence-electron chi connectivity index (χ4n) is 4.22. The number of piperazine rings is 1. The van der Waals surface area contributed by atoms with Crippen LogP contribution in [0.3, 0.4) is 0 Å². The Balaban J connectivity index is 1.33. The number of sulfonamides is 1. The Morgan fingerprint density at radius 2 is 2.03 bits per heavy atom. The van der Waals surface area contributed by atoms with Crippen molar-refractivity contribution in [2.45, 2.75) is 48.8 Å². The number of carbonyl (C=O) groups is 2. The van der Waals surface area contributed by atoms with E-state index in [1.165, 1.54) is 12.1 Å². The van der Waals surface area contributed by atoms with Crippen LogP contribution in [0.25, 0.3) is 0 Å². The van der Waals surface area contributed by atoms with Crippen LogP contribution in [0, 0.1) is 5.82 Å². The van der Waals surface area contributed by atoms with E-state index in [9.17, 15) is 22.4 Å². The Labute approximate surface area is 190 Å². The van der Waals surface area contributed by atoms with E-state index in [1.807, 2.05) is 22.4 Å². The van der Waals surface area contributed by atoms with Gasteiger partial charge in [-0.2, -0.15) is 0 Å². The second-order valence-electron chi connectivity index (χ2n) is 8.01. The second-order valence-corrected chi connectivity index (χ2v) is 10.8. The summed E-state index contributed by atoms with van der Waals surface area (Å²) in [5, 5.41) is 7.73. The van der Waals surface area contributed by atoms with Gasteiger partial charge in [0, 0.05) is 36.5 Å². The zero-order valence-corrected chi connectivity index (χ0v) is 18.9. The summed E-state index contributed by atoms with van der Waals surface area (Å²) in [6.07, 6.45) is 1.22. The summed E-state index contributed by atoms with van der Waals surface area (Å²) < 4.78 is 41.1. The van der Waals surface area contributed by atoms with Crippen molar-refractivity contribution in [3.05, 3.63) is 52.5 Å². The molecule has 1 aromatic heterocycles. The van der Waals surface area contributed by atoms with Crippen LogP contribution in [0.2, 0.25) is 0 Å². The van der Waals surface area contributed by atoms with Crippen LogP contribution in [0.4, 0.5) is 4.39 Å². The van der Waals surface area contributed by atoms with Gasteiger partial charge >= 0.3 is 0 Å². The van der Waals surface area contributed by atoms with Crippen LogP contribution >= 0.6 is 11.3 Å². The molecule has 1 aromatic carbocycles. The SMILES string of the molecule is O=C(CCC1CNC(=O)C2CC(NS(=O)(=O)c3ccc(F)cc3)CN12)NCc1cccs1. The van der Waals surface area contributed by atoms with Gasteiger partial charge < -0.3 is 10.6 Å². The monoisotopic (exact) mass is 480 g/mol. The van der Waals surface area contributed by atoms with Crippen molar-refractivity contribution in [2.75, 3.05) is 13.1 Å². The molecule has 3 heterocycles. The number of amides is 2. The van der Waals surface area contributed by atoms with Crippen molar-refractivity contribution < 1.29 is 22.4 Å². The van der Waals surface area contributed by atoms with Crippen molar-refractivity contribution in [3.63, 3.8) is 0 Å². The maximum atomic E-state index is 13.1. The third-order valence-corrected chi connectivity index (χ3v) is 8.23. The quantitative estimate of drug-likeness (QED) is 0.526. The minimum absolute atomic E-state index is 0.0211. The molecule has 3 unspecified atom stereocenters. The highest BCUT2D eigenvalue weighted by Crippen LogP contribution is 2.27. The first-order chi connectivity index (χ1) is 15.3. The van der Waals surface area contributed by atoms with Gasteiger partial charge in [-0.3, -0.25) is 14.5 Å². The highest BCUT2D eigenvalue weighted by atomic mass is 32.2. The summed E-state index contributed by atoms with van der Waals surface area (Å²) in [5.74, 6) is -0.702. The van der Waals surface area contributed by atoms with E-state index in [0.29, 0.717) is 38.9 Å². The summed E-state index contributed by atoms with van der Waals surface area (Å²) in [4.78, 5) is 27.7. The molecule has 2 aliphatic rings. The zero-order valence-electron chi connectivity index (χ0n) is 17.3. The number of halogens is 1. The van der Waals surface area contributed by atoms with E-state index in [2.05, 4.69) is 15.4 Å². The van der Waals surface area contributed by atoms with Gasteiger partial charge in [0.15, 0.2) is 0 Å². The predicted octanol–water partition coefficient (Wildman–Crippen LogP) is 1.20. The number of carbonyl (C=O) groups excluding carboxylic acids is 2. The number of fused-ring (bicyclic) bond motifs is 1. The van der Waals surface area contributed by atoms with Gasteiger partial charge in [-0.15, -0.1) is 11.3 Å². The van der Waals surface area contributed by atoms with E-state index in [4.69, 9.17) is 0 Å². The van der Waals surface area contributed by atoms with E-state index in [-0.39, 0.29) is 22.8 Å². The Kier molecular flexibility index (Phi) is 6.89. The number of hydrogen-bond acceptors (Lipinski definition) is 6. The maximum absolute atomic E-state index is 13.1. The van der Waals surface area contributed by atoms with Crippen LogP contribution < -0.4 is 15.4 Å². The molecule has 11 heteroatoms. The van der Waals surface area contributed by atoms with E-state index in [0.717, 1.165) is 17.0 Å². The summed E-state index contributed by atoms with van der Waals surface area (Å²) in [5.41, 5.74) is 0. The molecule has 0 aliphatic carbocycles. The van der Waals surface area contributed by atoms with Gasteiger partial charge in [0.05, 0.1) is 17.5 Å². The minimum atomic E-state index is -3.83. The molecule has 2 aliphatic heterocycles. The summed E-state index contributed by atoms with van der Waals surface area (Å²) in [6, 6.07) is 7.57. The second kappa shape index (κ2) is 9.65. The highest BCUT2D eigenvalue weighted by molar-refractivity contribution is 7.89. The summed E-state index contributed by atoms with van der Waals surface area (Å²) in [7, 11) is -3.83. The molecule has 8 nitrogen and oxygen atoms in total. The molecular weight excluding hydrogens is 455 g/mol. The molecule has 2 saturated heterocycles. The largest absolute Gasteiger partial charge is 0.353 e. The normalized spacial score (nSPS) is 23.5. The molecule has 0 spiro atoms. The molecule has 2 aromatic rings. The Morgan fingerprint density at radius 1 is 1.25 bits per heavy atom. The first kappa shape index (κ1) is 22.8. The summed E-state index contributed by atoms with van der Waals surface area (Å²) >= 11 is 1.58. The number of rotatable bonds is 8. The lowest BCUT2D eigenvalue weighted by atomic mass is 10.0. The van der Waals surface area contributed by atoms with Crippen LogP contribution in [0.1, 0.15) is 24.1 Å². The average Bonchev–Trinajstić information content (AvgIpc) is 3.42. The lowest BCUT2D eigenvalue weighted by Crippen LogP contribution is -2.58. The van der Waals surface area contributed by atoms with Gasteiger partial charge in [-0.05, 0) is 48.6 Å². The third kappa shape index (κ3) is 5.34. The Bertz CT molecular complexity index is 1060.